The average molecular weight is 198 g/mol. The Bertz CT molecular complexity index is 289. The molecule has 0 amide bonds. The van der Waals surface area contributed by atoms with Crippen LogP contribution < -0.4 is 11.0 Å². The summed E-state index contributed by atoms with van der Waals surface area (Å²) in [6.07, 6.45) is 0. The van der Waals surface area contributed by atoms with Crippen molar-refractivity contribution >= 4 is 23.0 Å². The first-order valence-electron chi connectivity index (χ1n) is 4.78. The lowest BCUT2D eigenvalue weighted by molar-refractivity contribution is 1.46. The van der Waals surface area contributed by atoms with Crippen LogP contribution in [-0.4, -0.2) is 5.11 Å². The van der Waals surface area contributed by atoms with Gasteiger partial charge in [-0.25, -0.2) is 0 Å². The molecule has 72 valence electrons. The van der Waals surface area contributed by atoms with E-state index < -0.39 is 0 Å². The summed E-state index contributed by atoms with van der Waals surface area (Å²) in [7, 11) is 0. The van der Waals surface area contributed by atoms with Gasteiger partial charge >= 0.3 is 0 Å². The summed E-state index contributed by atoms with van der Waals surface area (Å²) >= 11 is 4.77. The minimum absolute atomic E-state index is 0.306. The van der Waals surface area contributed by atoms with Crippen molar-refractivity contribution in [2.24, 2.45) is 5.73 Å². The number of thiocarbonyl (C=S) groups is 1. The smallest absolute Gasteiger partial charge is 0.168 e. The van der Waals surface area contributed by atoms with E-state index in [2.05, 4.69) is 11.0 Å². The summed E-state index contributed by atoms with van der Waals surface area (Å²) in [6, 6.07) is 7.80. The fourth-order valence-electron chi connectivity index (χ4n) is 0.854. The summed E-state index contributed by atoms with van der Waals surface area (Å²) < 4.78 is 6.76. The first-order valence-corrected chi connectivity index (χ1v) is 4.68. The Morgan fingerprint density at radius 2 is 2.23 bits per heavy atom. The van der Waals surface area contributed by atoms with Crippen LogP contribution in [0, 0.1) is 6.92 Å². The second kappa shape index (κ2) is 6.43. The quantitative estimate of drug-likeness (QED) is 0.681. The monoisotopic (exact) mass is 198 g/mol. The van der Waals surface area contributed by atoms with Crippen LogP contribution in [0.1, 0.15) is 19.4 Å². The van der Waals surface area contributed by atoms with Crippen molar-refractivity contribution in [1.29, 1.82) is 0 Å². The molecule has 3 heteroatoms. The SMILES string of the molecule is CC.[3H]NC(=S)Nc1cccc(C)c1. The van der Waals surface area contributed by atoms with E-state index in [1.54, 1.807) is 0 Å². The van der Waals surface area contributed by atoms with E-state index in [9.17, 15) is 0 Å². The van der Waals surface area contributed by atoms with E-state index in [-0.39, 0.29) is 0 Å². The van der Waals surface area contributed by atoms with Crippen molar-refractivity contribution in [3.05, 3.63) is 29.8 Å². The number of rotatable bonds is 1. The van der Waals surface area contributed by atoms with Crippen molar-refractivity contribution in [1.82, 2.24) is 0 Å². The van der Waals surface area contributed by atoms with Gasteiger partial charge in [0.25, 0.3) is 0 Å². The van der Waals surface area contributed by atoms with Gasteiger partial charge in [0.1, 0.15) is 0 Å². The van der Waals surface area contributed by atoms with Gasteiger partial charge in [-0.3, -0.25) is 0 Å². The molecule has 0 aromatic heterocycles. The Kier molecular flexibility index (Phi) is 4.94. The molecule has 0 atom stereocenters. The summed E-state index contributed by atoms with van der Waals surface area (Å²) in [5, 5.41) is 3.17. The van der Waals surface area contributed by atoms with Gasteiger partial charge in [-0.1, -0.05) is 26.0 Å². The zero-order valence-electron chi connectivity index (χ0n) is 9.22. The molecule has 13 heavy (non-hydrogen) atoms. The highest BCUT2D eigenvalue weighted by molar-refractivity contribution is 7.80. The molecule has 0 bridgehead atoms. The Balaban J connectivity index is 0.000000791. The van der Waals surface area contributed by atoms with Crippen molar-refractivity contribution in [2.75, 3.05) is 5.32 Å². The largest absolute Gasteiger partial charge is 0.376 e. The predicted molar refractivity (Wildman–Crippen MR) is 62.9 cm³/mol. The number of hydrogen-bond acceptors (Lipinski definition) is 1. The Hall–Kier alpha value is -1.09. The maximum absolute atomic E-state index is 6.76. The first kappa shape index (κ1) is 9.99. The van der Waals surface area contributed by atoms with Gasteiger partial charge in [0.2, 0.25) is 0 Å². The van der Waals surface area contributed by atoms with Crippen LogP contribution in [-0.2, 0) is 0 Å². The summed E-state index contributed by atoms with van der Waals surface area (Å²) in [6.45, 7) is 6.00. The average Bonchev–Trinajstić information content (AvgIpc) is 2.21. The molecule has 0 saturated carbocycles. The molecule has 1 rings (SSSR count). The van der Waals surface area contributed by atoms with Gasteiger partial charge in [-0.2, -0.15) is 0 Å². The molecule has 0 aliphatic heterocycles. The van der Waals surface area contributed by atoms with Crippen LogP contribution in [0.4, 0.5) is 5.69 Å². The zero-order valence-corrected chi connectivity index (χ0v) is 9.03. The topological polar surface area (TPSA) is 38.0 Å². The minimum Gasteiger partial charge on any atom is -0.376 e. The summed E-state index contributed by atoms with van der Waals surface area (Å²) in [5.41, 5.74) is 4.17. The molecule has 0 aliphatic carbocycles. The van der Waals surface area contributed by atoms with Crippen molar-refractivity contribution in [3.63, 3.8) is 0 Å². The standard InChI is InChI=1S/C8H10N2S.C2H6/c1-6-3-2-4-7(5-6)10-8(9)11;1-2/h2-5H,1H3,(H3,9,10,11);1-2H3/i/hT. The van der Waals surface area contributed by atoms with Crippen LogP contribution in [0.2, 0.25) is 1.41 Å². The number of hydrogen-bond donors (Lipinski definition) is 2. The summed E-state index contributed by atoms with van der Waals surface area (Å²) in [5.74, 6) is 0. The van der Waals surface area contributed by atoms with Gasteiger partial charge in [0.15, 0.2) is 6.52 Å². The summed E-state index contributed by atoms with van der Waals surface area (Å²) in [4.78, 5) is 0. The number of nitrogens with one attached hydrogen (secondary N) is 1. The molecule has 3 N–H and O–H groups in total. The second-order valence-electron chi connectivity index (χ2n) is 2.32. The van der Waals surface area contributed by atoms with Gasteiger partial charge in [-0.15, -0.1) is 0 Å². The van der Waals surface area contributed by atoms with Crippen LogP contribution >= 0.6 is 12.2 Å². The maximum Gasteiger partial charge on any atom is 0.168 e. The predicted octanol–water partition coefficient (Wildman–Crippen LogP) is 2.68. The number of benzene rings is 1. The van der Waals surface area contributed by atoms with Crippen LogP contribution in [0.3, 0.4) is 0 Å². The number of nitrogens with two attached hydrogens (primary N) is 1. The van der Waals surface area contributed by atoms with Gasteiger partial charge < -0.3 is 11.0 Å². The van der Waals surface area contributed by atoms with Crippen molar-refractivity contribution < 1.29 is 1.41 Å². The van der Waals surface area contributed by atoms with Crippen molar-refractivity contribution in [2.45, 2.75) is 20.8 Å². The third kappa shape index (κ3) is 5.20. The van der Waals surface area contributed by atoms with Gasteiger partial charge in [0.05, 0.1) is 0 Å². The lowest BCUT2D eigenvalue weighted by Crippen LogP contribution is -2.18. The second-order valence-corrected chi connectivity index (χ2v) is 2.73. The molecule has 0 spiro atoms. The van der Waals surface area contributed by atoms with Crippen molar-refractivity contribution in [3.8, 4) is 0 Å². The van der Waals surface area contributed by atoms with E-state index in [4.69, 9.17) is 13.6 Å². The highest BCUT2D eigenvalue weighted by atomic mass is 32.1. The molecule has 0 aliphatic rings. The normalized spacial score (nSPS) is 9.00. The molecule has 2 nitrogen and oxygen atoms in total. The van der Waals surface area contributed by atoms with Gasteiger partial charge in [-0.05, 0) is 36.8 Å². The van der Waals surface area contributed by atoms with E-state index >= 15 is 0 Å². The Morgan fingerprint density at radius 3 is 2.77 bits per heavy atom. The molecular weight excluding hydrogens is 180 g/mol. The fourth-order valence-corrected chi connectivity index (χ4v) is 0.972. The number of aryl methyl sites for hydroxylation is 1. The molecule has 1 aromatic rings. The van der Waals surface area contributed by atoms with E-state index in [0.29, 0.717) is 5.11 Å². The lowest BCUT2D eigenvalue weighted by atomic mass is 10.2. The third-order valence-corrected chi connectivity index (χ3v) is 1.38. The van der Waals surface area contributed by atoms with Crippen LogP contribution in [0.5, 0.6) is 0 Å². The van der Waals surface area contributed by atoms with E-state index in [1.807, 2.05) is 45.0 Å². The lowest BCUT2D eigenvalue weighted by Gasteiger charge is -2.03. The first-order chi connectivity index (χ1) is 6.72. The highest BCUT2D eigenvalue weighted by Crippen LogP contribution is 2.08. The molecule has 0 fully saturated rings. The minimum atomic E-state index is 0.306. The van der Waals surface area contributed by atoms with Crippen LogP contribution in [0.25, 0.3) is 0 Å². The molecular formula is C10H16N2S. The third-order valence-electron chi connectivity index (χ3n) is 1.28. The molecule has 0 saturated heterocycles. The van der Waals surface area contributed by atoms with Gasteiger partial charge in [0, 0.05) is 5.69 Å². The Morgan fingerprint density at radius 1 is 1.54 bits per heavy atom. The van der Waals surface area contributed by atoms with E-state index in [1.165, 1.54) is 0 Å². The molecule has 1 aromatic carbocycles. The van der Waals surface area contributed by atoms with E-state index in [0.717, 1.165) is 11.3 Å². The Labute approximate surface area is 86.6 Å². The zero-order chi connectivity index (χ0) is 11.0. The molecule has 0 heterocycles. The van der Waals surface area contributed by atoms with Crippen LogP contribution in [0.15, 0.2) is 24.3 Å². The maximum atomic E-state index is 6.76. The fraction of sp³-hybridized carbons (Fsp3) is 0.300. The highest BCUT2D eigenvalue weighted by Gasteiger charge is 1.91. The number of anilines is 1. The molecule has 0 radical (unpaired) electrons. The molecule has 0 unspecified atom stereocenters.